The van der Waals surface area contributed by atoms with Crippen LogP contribution in [0.25, 0.3) is 11.4 Å². The molecule has 0 aliphatic carbocycles. The maximum atomic E-state index is 5.83. The second-order valence-corrected chi connectivity index (χ2v) is 5.40. The van der Waals surface area contributed by atoms with Gasteiger partial charge in [0.15, 0.2) is 6.10 Å². The summed E-state index contributed by atoms with van der Waals surface area (Å²) >= 11 is 0. The van der Waals surface area contributed by atoms with Crippen molar-refractivity contribution in [3.05, 3.63) is 65.5 Å². The third-order valence-electron chi connectivity index (χ3n) is 3.40. The van der Waals surface area contributed by atoms with E-state index in [2.05, 4.69) is 10.1 Å². The normalized spacial score (nSPS) is 12.1. The molecule has 0 N–H and O–H groups in total. The van der Waals surface area contributed by atoms with Gasteiger partial charge < -0.3 is 9.26 Å². The molecule has 0 radical (unpaired) electrons. The Labute approximate surface area is 129 Å². The SMILES string of the molecule is Cc1ccc(OC(C)c2nc(-c3cccc(C)c3)no2)cc1. The molecule has 1 aromatic heterocycles. The Morgan fingerprint density at radius 1 is 1.00 bits per heavy atom. The van der Waals surface area contributed by atoms with Crippen LogP contribution in [0.2, 0.25) is 0 Å². The molecule has 1 heterocycles. The van der Waals surface area contributed by atoms with Gasteiger partial charge in [0.25, 0.3) is 5.89 Å². The van der Waals surface area contributed by atoms with Gasteiger partial charge in [0.1, 0.15) is 5.75 Å². The molecule has 1 unspecified atom stereocenters. The van der Waals surface area contributed by atoms with Crippen molar-refractivity contribution in [3.8, 4) is 17.1 Å². The number of benzene rings is 2. The standard InChI is InChI=1S/C18H18N2O2/c1-12-7-9-16(10-8-12)21-14(3)18-19-17(20-22-18)15-6-4-5-13(2)11-15/h4-11,14H,1-3H3. The Balaban J connectivity index is 1.76. The summed E-state index contributed by atoms with van der Waals surface area (Å²) in [4.78, 5) is 4.43. The minimum atomic E-state index is -0.297. The van der Waals surface area contributed by atoms with Crippen LogP contribution in [0, 0.1) is 13.8 Å². The van der Waals surface area contributed by atoms with Gasteiger partial charge in [-0.05, 0) is 39.0 Å². The van der Waals surface area contributed by atoms with Crippen LogP contribution >= 0.6 is 0 Å². The first-order valence-corrected chi connectivity index (χ1v) is 7.26. The van der Waals surface area contributed by atoms with E-state index in [1.807, 2.05) is 69.3 Å². The van der Waals surface area contributed by atoms with Crippen molar-refractivity contribution in [1.29, 1.82) is 0 Å². The van der Waals surface area contributed by atoms with Crippen molar-refractivity contribution < 1.29 is 9.26 Å². The Morgan fingerprint density at radius 3 is 2.50 bits per heavy atom. The molecule has 2 aromatic carbocycles. The average Bonchev–Trinajstić information content (AvgIpc) is 3.00. The highest BCUT2D eigenvalue weighted by molar-refractivity contribution is 5.55. The summed E-state index contributed by atoms with van der Waals surface area (Å²) in [5, 5.41) is 4.04. The van der Waals surface area contributed by atoms with E-state index >= 15 is 0 Å². The molecule has 4 heteroatoms. The largest absolute Gasteiger partial charge is 0.481 e. The van der Waals surface area contributed by atoms with E-state index in [0.717, 1.165) is 16.9 Å². The highest BCUT2D eigenvalue weighted by Crippen LogP contribution is 2.23. The van der Waals surface area contributed by atoms with Crippen LogP contribution in [0.15, 0.2) is 53.1 Å². The molecular formula is C18H18N2O2. The molecule has 0 saturated carbocycles. The van der Waals surface area contributed by atoms with Crippen LogP contribution in [0.5, 0.6) is 5.75 Å². The summed E-state index contributed by atoms with van der Waals surface area (Å²) in [6.07, 6.45) is -0.297. The minimum absolute atomic E-state index is 0.297. The zero-order valence-corrected chi connectivity index (χ0v) is 12.9. The van der Waals surface area contributed by atoms with E-state index in [1.165, 1.54) is 5.56 Å². The molecule has 3 rings (SSSR count). The predicted octanol–water partition coefficient (Wildman–Crippen LogP) is 4.49. The van der Waals surface area contributed by atoms with Crippen LogP contribution in [0.1, 0.15) is 30.0 Å². The van der Waals surface area contributed by atoms with Crippen LogP contribution in [-0.2, 0) is 0 Å². The Bertz CT molecular complexity index is 763. The average molecular weight is 294 g/mol. The fraction of sp³-hybridized carbons (Fsp3) is 0.222. The van der Waals surface area contributed by atoms with Gasteiger partial charge in [0.05, 0.1) is 0 Å². The fourth-order valence-electron chi connectivity index (χ4n) is 2.17. The van der Waals surface area contributed by atoms with Gasteiger partial charge in [-0.1, -0.05) is 46.6 Å². The van der Waals surface area contributed by atoms with E-state index in [9.17, 15) is 0 Å². The highest BCUT2D eigenvalue weighted by atomic mass is 16.5. The second kappa shape index (κ2) is 6.02. The number of hydrogen-bond donors (Lipinski definition) is 0. The maximum Gasteiger partial charge on any atom is 0.267 e. The zero-order valence-electron chi connectivity index (χ0n) is 12.9. The van der Waals surface area contributed by atoms with Gasteiger partial charge >= 0.3 is 0 Å². The first-order chi connectivity index (χ1) is 10.6. The van der Waals surface area contributed by atoms with Gasteiger partial charge in [0.2, 0.25) is 5.82 Å². The molecule has 0 fully saturated rings. The van der Waals surface area contributed by atoms with Crippen molar-refractivity contribution in [3.63, 3.8) is 0 Å². The lowest BCUT2D eigenvalue weighted by molar-refractivity contribution is 0.176. The number of aryl methyl sites for hydroxylation is 2. The second-order valence-electron chi connectivity index (χ2n) is 5.40. The summed E-state index contributed by atoms with van der Waals surface area (Å²) < 4.78 is 11.2. The molecule has 112 valence electrons. The van der Waals surface area contributed by atoms with Crippen LogP contribution in [0.4, 0.5) is 0 Å². The molecule has 1 atom stereocenters. The molecule has 3 aromatic rings. The zero-order chi connectivity index (χ0) is 15.5. The molecule has 22 heavy (non-hydrogen) atoms. The third-order valence-corrected chi connectivity index (χ3v) is 3.40. The predicted molar refractivity (Wildman–Crippen MR) is 84.7 cm³/mol. The summed E-state index contributed by atoms with van der Waals surface area (Å²) in [5.74, 6) is 1.84. The lowest BCUT2D eigenvalue weighted by atomic mass is 10.1. The van der Waals surface area contributed by atoms with Crippen molar-refractivity contribution in [2.45, 2.75) is 26.9 Å². The lowest BCUT2D eigenvalue weighted by Gasteiger charge is -2.10. The van der Waals surface area contributed by atoms with E-state index in [-0.39, 0.29) is 6.10 Å². The monoisotopic (exact) mass is 294 g/mol. The van der Waals surface area contributed by atoms with Gasteiger partial charge in [0, 0.05) is 5.56 Å². The highest BCUT2D eigenvalue weighted by Gasteiger charge is 2.16. The van der Waals surface area contributed by atoms with Gasteiger partial charge in [-0.15, -0.1) is 0 Å². The molecule has 0 aliphatic rings. The minimum Gasteiger partial charge on any atom is -0.481 e. The van der Waals surface area contributed by atoms with Crippen LogP contribution in [0.3, 0.4) is 0 Å². The van der Waals surface area contributed by atoms with E-state index in [4.69, 9.17) is 9.26 Å². The summed E-state index contributed by atoms with van der Waals surface area (Å²) in [7, 11) is 0. The van der Waals surface area contributed by atoms with Gasteiger partial charge in [-0.25, -0.2) is 0 Å². The number of nitrogens with zero attached hydrogens (tertiary/aromatic N) is 2. The van der Waals surface area contributed by atoms with Crippen LogP contribution < -0.4 is 4.74 Å². The summed E-state index contributed by atoms with van der Waals surface area (Å²) in [6, 6.07) is 15.9. The van der Waals surface area contributed by atoms with Crippen LogP contribution in [-0.4, -0.2) is 10.1 Å². The molecule has 0 bridgehead atoms. The summed E-state index contributed by atoms with van der Waals surface area (Å²) in [5.41, 5.74) is 3.30. The van der Waals surface area contributed by atoms with Crippen molar-refractivity contribution in [2.24, 2.45) is 0 Å². The van der Waals surface area contributed by atoms with E-state index in [1.54, 1.807) is 0 Å². The van der Waals surface area contributed by atoms with E-state index in [0.29, 0.717) is 11.7 Å². The molecule has 0 saturated heterocycles. The smallest absolute Gasteiger partial charge is 0.267 e. The number of ether oxygens (including phenoxy) is 1. The first kappa shape index (κ1) is 14.3. The Morgan fingerprint density at radius 2 is 1.77 bits per heavy atom. The molecule has 0 spiro atoms. The molecular weight excluding hydrogens is 276 g/mol. The van der Waals surface area contributed by atoms with Crippen molar-refractivity contribution in [2.75, 3.05) is 0 Å². The lowest BCUT2D eigenvalue weighted by Crippen LogP contribution is -2.03. The number of rotatable bonds is 4. The Hall–Kier alpha value is -2.62. The van der Waals surface area contributed by atoms with Crippen molar-refractivity contribution in [1.82, 2.24) is 10.1 Å². The molecule has 4 nitrogen and oxygen atoms in total. The quantitative estimate of drug-likeness (QED) is 0.711. The topological polar surface area (TPSA) is 48.2 Å². The fourth-order valence-corrected chi connectivity index (χ4v) is 2.17. The Kier molecular flexibility index (Phi) is 3.92. The van der Waals surface area contributed by atoms with E-state index < -0.39 is 0 Å². The molecule has 0 amide bonds. The third kappa shape index (κ3) is 3.17. The first-order valence-electron chi connectivity index (χ1n) is 7.26. The summed E-state index contributed by atoms with van der Waals surface area (Å²) in [6.45, 7) is 5.97. The maximum absolute atomic E-state index is 5.83. The number of hydrogen-bond acceptors (Lipinski definition) is 4. The van der Waals surface area contributed by atoms with Gasteiger partial charge in [-0.3, -0.25) is 0 Å². The van der Waals surface area contributed by atoms with Gasteiger partial charge in [-0.2, -0.15) is 4.98 Å². The van der Waals surface area contributed by atoms with Crippen molar-refractivity contribution >= 4 is 0 Å². The number of aromatic nitrogens is 2. The molecule has 0 aliphatic heterocycles.